The summed E-state index contributed by atoms with van der Waals surface area (Å²) in [6, 6.07) is 7.43. The molecule has 113 valence electrons. The Kier molecular flexibility index (Phi) is 8.83. The molecule has 0 heterocycles. The summed E-state index contributed by atoms with van der Waals surface area (Å²) in [6.07, 6.45) is 3.95. The van der Waals surface area contributed by atoms with Crippen molar-refractivity contribution < 1.29 is 14.6 Å². The molecular weight excluding hydrogens is 254 g/mol. The molecule has 0 aliphatic carbocycles. The largest absolute Gasteiger partial charge is 0.493 e. The van der Waals surface area contributed by atoms with Crippen LogP contribution >= 0.6 is 0 Å². The molecular formula is C16H26NO3. The predicted molar refractivity (Wildman–Crippen MR) is 81.2 cm³/mol. The van der Waals surface area contributed by atoms with Crippen molar-refractivity contribution in [1.29, 1.82) is 0 Å². The van der Waals surface area contributed by atoms with Gasteiger partial charge in [0.1, 0.15) is 12.7 Å². The molecule has 2 N–H and O–H groups in total. The number of para-hydroxylation sites is 2. The molecule has 4 nitrogen and oxygen atoms in total. The predicted octanol–water partition coefficient (Wildman–Crippen LogP) is 2.42. The number of methoxy groups -OCH3 is 1. The summed E-state index contributed by atoms with van der Waals surface area (Å²) >= 11 is 0. The average Bonchev–Trinajstić information content (AvgIpc) is 2.49. The monoisotopic (exact) mass is 280 g/mol. The van der Waals surface area contributed by atoms with Crippen LogP contribution in [0.25, 0.3) is 0 Å². The number of hydrogen-bond acceptors (Lipinski definition) is 4. The summed E-state index contributed by atoms with van der Waals surface area (Å²) in [5, 5.41) is 13.1. The zero-order chi connectivity index (χ0) is 14.6. The van der Waals surface area contributed by atoms with Gasteiger partial charge in [0, 0.05) is 6.54 Å². The van der Waals surface area contributed by atoms with Crippen molar-refractivity contribution in [3.8, 4) is 11.5 Å². The van der Waals surface area contributed by atoms with Gasteiger partial charge in [-0.3, -0.25) is 0 Å². The van der Waals surface area contributed by atoms with Crippen molar-refractivity contribution in [2.45, 2.75) is 31.8 Å². The minimum absolute atomic E-state index is 0.256. The third-order valence-corrected chi connectivity index (χ3v) is 2.98. The topological polar surface area (TPSA) is 50.7 Å². The van der Waals surface area contributed by atoms with Gasteiger partial charge in [0.25, 0.3) is 0 Å². The second-order valence-electron chi connectivity index (χ2n) is 4.73. The maximum Gasteiger partial charge on any atom is 0.161 e. The third-order valence-electron chi connectivity index (χ3n) is 2.98. The van der Waals surface area contributed by atoms with E-state index >= 15 is 0 Å². The van der Waals surface area contributed by atoms with E-state index in [2.05, 4.69) is 12.2 Å². The lowest BCUT2D eigenvalue weighted by Crippen LogP contribution is -2.32. The van der Waals surface area contributed by atoms with Gasteiger partial charge in [-0.2, -0.15) is 0 Å². The molecule has 20 heavy (non-hydrogen) atoms. The second-order valence-corrected chi connectivity index (χ2v) is 4.73. The molecule has 0 aromatic heterocycles. The zero-order valence-corrected chi connectivity index (χ0v) is 12.3. The van der Waals surface area contributed by atoms with Gasteiger partial charge in [0.2, 0.25) is 0 Å². The highest BCUT2D eigenvalue weighted by molar-refractivity contribution is 5.39. The lowest BCUT2D eigenvalue weighted by Gasteiger charge is -2.15. The van der Waals surface area contributed by atoms with Crippen LogP contribution in [0.2, 0.25) is 0 Å². The van der Waals surface area contributed by atoms with Crippen LogP contribution in [0.15, 0.2) is 24.3 Å². The van der Waals surface area contributed by atoms with Gasteiger partial charge in [-0.1, -0.05) is 38.3 Å². The van der Waals surface area contributed by atoms with E-state index in [-0.39, 0.29) is 6.61 Å². The summed E-state index contributed by atoms with van der Waals surface area (Å²) in [5.74, 6) is 1.34. The highest BCUT2D eigenvalue weighted by atomic mass is 16.5. The molecule has 4 heteroatoms. The van der Waals surface area contributed by atoms with Gasteiger partial charge in [-0.15, -0.1) is 0 Å². The summed E-state index contributed by atoms with van der Waals surface area (Å²) in [7, 11) is 1.60. The molecule has 1 atom stereocenters. The molecule has 0 bridgehead atoms. The standard InChI is InChI=1S/C16H26NO3/c1-3-4-5-8-11-17-12-14(18)13-20-16-10-7-6-9-15(16)19-2/h6-7,9-10,14,17-18H,1,3-5,8,11-13H2,2H3. The van der Waals surface area contributed by atoms with E-state index in [0.29, 0.717) is 18.0 Å². The Morgan fingerprint density at radius 1 is 1.20 bits per heavy atom. The fourth-order valence-electron chi connectivity index (χ4n) is 1.86. The number of rotatable bonds is 11. The van der Waals surface area contributed by atoms with E-state index in [9.17, 15) is 5.11 Å². The zero-order valence-electron chi connectivity index (χ0n) is 12.3. The molecule has 1 radical (unpaired) electrons. The van der Waals surface area contributed by atoms with E-state index in [4.69, 9.17) is 9.47 Å². The van der Waals surface area contributed by atoms with Crippen molar-refractivity contribution in [3.05, 3.63) is 31.2 Å². The fourth-order valence-corrected chi connectivity index (χ4v) is 1.86. The molecule has 0 saturated heterocycles. The van der Waals surface area contributed by atoms with Gasteiger partial charge in [0.05, 0.1) is 7.11 Å². The van der Waals surface area contributed by atoms with E-state index < -0.39 is 6.10 Å². The molecule has 0 spiro atoms. The minimum Gasteiger partial charge on any atom is -0.493 e. The summed E-state index contributed by atoms with van der Waals surface area (Å²) in [5.41, 5.74) is 0. The first kappa shape index (κ1) is 16.8. The lowest BCUT2D eigenvalue weighted by atomic mass is 10.2. The van der Waals surface area contributed by atoms with Gasteiger partial charge < -0.3 is 19.9 Å². The molecule has 1 aromatic carbocycles. The van der Waals surface area contributed by atoms with Crippen LogP contribution in [-0.4, -0.2) is 38.0 Å². The van der Waals surface area contributed by atoms with Gasteiger partial charge in [-0.25, -0.2) is 0 Å². The van der Waals surface area contributed by atoms with Crippen LogP contribution in [0.3, 0.4) is 0 Å². The minimum atomic E-state index is -0.521. The summed E-state index contributed by atoms with van der Waals surface area (Å²) < 4.78 is 10.7. The van der Waals surface area contributed by atoms with Gasteiger partial charge >= 0.3 is 0 Å². The van der Waals surface area contributed by atoms with Crippen LogP contribution in [0, 0.1) is 6.92 Å². The van der Waals surface area contributed by atoms with Crippen molar-refractivity contribution in [3.63, 3.8) is 0 Å². The number of nitrogens with one attached hydrogen (secondary N) is 1. The maximum absolute atomic E-state index is 9.84. The van der Waals surface area contributed by atoms with Gasteiger partial charge in [0.15, 0.2) is 11.5 Å². The third kappa shape index (κ3) is 6.78. The van der Waals surface area contributed by atoms with E-state index in [0.717, 1.165) is 19.4 Å². The molecule has 0 fully saturated rings. The Morgan fingerprint density at radius 3 is 2.65 bits per heavy atom. The Hall–Kier alpha value is -1.26. The molecule has 0 amide bonds. The first-order valence-corrected chi connectivity index (χ1v) is 7.21. The summed E-state index contributed by atoms with van der Waals surface area (Å²) in [6.45, 7) is 5.53. The van der Waals surface area contributed by atoms with Crippen LogP contribution in [0.5, 0.6) is 11.5 Å². The highest BCUT2D eigenvalue weighted by Gasteiger charge is 2.07. The first-order valence-electron chi connectivity index (χ1n) is 7.21. The fraction of sp³-hybridized carbons (Fsp3) is 0.562. The van der Waals surface area contributed by atoms with Crippen LogP contribution in [0.4, 0.5) is 0 Å². The second kappa shape index (κ2) is 10.5. The van der Waals surface area contributed by atoms with E-state index in [1.54, 1.807) is 7.11 Å². The number of unbranched alkanes of at least 4 members (excludes halogenated alkanes) is 3. The van der Waals surface area contributed by atoms with Crippen molar-refractivity contribution in [2.75, 3.05) is 26.8 Å². The summed E-state index contributed by atoms with van der Waals surface area (Å²) in [4.78, 5) is 0. The molecule has 0 saturated carbocycles. The lowest BCUT2D eigenvalue weighted by molar-refractivity contribution is 0.105. The number of hydrogen-bond donors (Lipinski definition) is 2. The Bertz CT molecular complexity index is 357. The Balaban J connectivity index is 2.14. The van der Waals surface area contributed by atoms with E-state index in [1.165, 1.54) is 12.8 Å². The highest BCUT2D eigenvalue weighted by Crippen LogP contribution is 2.25. The SMILES string of the molecule is [CH2]CCCCCNCC(O)COc1ccccc1OC. The van der Waals surface area contributed by atoms with Crippen LogP contribution < -0.4 is 14.8 Å². The van der Waals surface area contributed by atoms with Crippen molar-refractivity contribution in [1.82, 2.24) is 5.32 Å². The van der Waals surface area contributed by atoms with Crippen LogP contribution in [-0.2, 0) is 0 Å². The van der Waals surface area contributed by atoms with Gasteiger partial charge in [-0.05, 0) is 25.1 Å². The molecule has 0 aliphatic rings. The number of aliphatic hydroxyl groups excluding tert-OH is 1. The van der Waals surface area contributed by atoms with Crippen molar-refractivity contribution >= 4 is 0 Å². The Labute approximate surface area is 122 Å². The number of benzene rings is 1. The molecule has 1 aromatic rings. The normalized spacial score (nSPS) is 12.2. The maximum atomic E-state index is 9.84. The molecule has 1 unspecified atom stereocenters. The first-order chi connectivity index (χ1) is 9.77. The molecule has 1 rings (SSSR count). The number of aliphatic hydroxyl groups is 1. The quantitative estimate of drug-likeness (QED) is 0.611. The molecule has 0 aliphatic heterocycles. The smallest absolute Gasteiger partial charge is 0.161 e. The Morgan fingerprint density at radius 2 is 1.95 bits per heavy atom. The van der Waals surface area contributed by atoms with Crippen molar-refractivity contribution in [2.24, 2.45) is 0 Å². The number of ether oxygens (including phenoxy) is 2. The van der Waals surface area contributed by atoms with Crippen LogP contribution in [0.1, 0.15) is 25.7 Å². The average molecular weight is 280 g/mol. The van der Waals surface area contributed by atoms with E-state index in [1.807, 2.05) is 24.3 Å².